The zero-order chi connectivity index (χ0) is 18.4. The molecule has 0 atom stereocenters. The molecule has 0 aliphatic heterocycles. The molecule has 1 amide bonds. The maximum absolute atomic E-state index is 12.1. The fourth-order valence-corrected chi connectivity index (χ4v) is 3.96. The van der Waals surface area contributed by atoms with Crippen LogP contribution in [0.2, 0.25) is 5.02 Å². The molecule has 0 aliphatic carbocycles. The van der Waals surface area contributed by atoms with Crippen LogP contribution in [-0.4, -0.2) is 28.8 Å². The van der Waals surface area contributed by atoms with E-state index in [0.717, 1.165) is 10.6 Å². The summed E-state index contributed by atoms with van der Waals surface area (Å²) in [6, 6.07) is 7.48. The molecule has 0 fully saturated rings. The number of benzene rings is 1. The van der Waals surface area contributed by atoms with Gasteiger partial charge < -0.3 is 9.30 Å². The van der Waals surface area contributed by atoms with Crippen molar-refractivity contribution in [1.29, 1.82) is 0 Å². The molecule has 1 heterocycles. The minimum absolute atomic E-state index is 0.214. The number of hydrogen-bond acceptors (Lipinski definition) is 5. The predicted octanol–water partition coefficient (Wildman–Crippen LogP) is 3.83. The molecule has 1 aromatic heterocycles. The van der Waals surface area contributed by atoms with Crippen LogP contribution in [0.15, 0.2) is 34.2 Å². The fourth-order valence-electron chi connectivity index (χ4n) is 1.96. The van der Waals surface area contributed by atoms with Gasteiger partial charge in [-0.05, 0) is 38.1 Å². The number of thiazole rings is 1. The van der Waals surface area contributed by atoms with Crippen LogP contribution in [0.4, 0.5) is 0 Å². The third-order valence-electron chi connectivity index (χ3n) is 3.39. The lowest BCUT2D eigenvalue weighted by Gasteiger charge is -2.00. The summed E-state index contributed by atoms with van der Waals surface area (Å²) in [6.07, 6.45) is 0.318. The molecule has 0 spiro atoms. The number of ether oxygens (including phenoxy) is 1. The molecule has 1 aromatic carbocycles. The topological polar surface area (TPSA) is 60.7 Å². The number of carbonyl (C=O) groups excluding carboxylic acids is 2. The molecular formula is C17H19ClN2O3S2. The molecule has 0 radical (unpaired) electrons. The Morgan fingerprint density at radius 1 is 1.32 bits per heavy atom. The smallest absolute Gasteiger partial charge is 0.350 e. The second kappa shape index (κ2) is 9.22. The SMILES string of the molecule is CCOC(=O)c1sc(=NC(=O)CCSc2ccc(Cl)cc2)n(C)c1C. The first-order chi connectivity index (χ1) is 11.9. The molecule has 0 unspecified atom stereocenters. The van der Waals surface area contributed by atoms with Crippen LogP contribution in [-0.2, 0) is 16.6 Å². The van der Waals surface area contributed by atoms with Crippen LogP contribution < -0.4 is 4.80 Å². The van der Waals surface area contributed by atoms with E-state index in [0.29, 0.717) is 33.5 Å². The molecule has 0 bridgehead atoms. The minimum atomic E-state index is -0.382. The van der Waals surface area contributed by atoms with Crippen LogP contribution >= 0.6 is 34.7 Å². The van der Waals surface area contributed by atoms with Gasteiger partial charge in [0.2, 0.25) is 5.91 Å². The van der Waals surface area contributed by atoms with Gasteiger partial charge in [-0.25, -0.2) is 4.79 Å². The first kappa shape index (κ1) is 19.8. The van der Waals surface area contributed by atoms with E-state index in [9.17, 15) is 9.59 Å². The average Bonchev–Trinajstić information content (AvgIpc) is 2.85. The highest BCUT2D eigenvalue weighted by molar-refractivity contribution is 7.99. The summed E-state index contributed by atoms with van der Waals surface area (Å²) >= 11 is 8.59. The Hall–Kier alpha value is -1.57. The Kier molecular flexibility index (Phi) is 7.28. The zero-order valence-electron chi connectivity index (χ0n) is 14.2. The van der Waals surface area contributed by atoms with E-state index >= 15 is 0 Å². The van der Waals surface area contributed by atoms with E-state index in [1.807, 2.05) is 31.2 Å². The Labute approximate surface area is 159 Å². The van der Waals surface area contributed by atoms with Gasteiger partial charge in [0.1, 0.15) is 4.88 Å². The highest BCUT2D eigenvalue weighted by Crippen LogP contribution is 2.21. The Balaban J connectivity index is 2.01. The molecule has 5 nitrogen and oxygen atoms in total. The van der Waals surface area contributed by atoms with Gasteiger partial charge in [-0.2, -0.15) is 4.99 Å². The number of esters is 1. The first-order valence-electron chi connectivity index (χ1n) is 7.71. The van der Waals surface area contributed by atoms with Gasteiger partial charge in [-0.15, -0.1) is 11.8 Å². The summed E-state index contributed by atoms with van der Waals surface area (Å²) in [5.41, 5.74) is 0.741. The molecule has 2 rings (SSSR count). The number of amides is 1. The normalized spacial score (nSPS) is 11.6. The van der Waals surface area contributed by atoms with Crippen LogP contribution in [0.5, 0.6) is 0 Å². The Bertz CT molecular complexity index is 825. The second-order valence-electron chi connectivity index (χ2n) is 5.14. The van der Waals surface area contributed by atoms with Crippen molar-refractivity contribution >= 4 is 46.6 Å². The van der Waals surface area contributed by atoms with E-state index in [1.54, 1.807) is 30.3 Å². The standard InChI is InChI=1S/C17H19ClN2O3S2/c1-4-23-16(22)15-11(2)20(3)17(25-15)19-14(21)9-10-24-13-7-5-12(18)6-8-13/h5-8H,4,9-10H2,1-3H3. The first-order valence-corrected chi connectivity index (χ1v) is 9.89. The minimum Gasteiger partial charge on any atom is -0.462 e. The molecule has 0 N–H and O–H groups in total. The number of halogens is 1. The van der Waals surface area contributed by atoms with Crippen LogP contribution in [0, 0.1) is 6.92 Å². The fraction of sp³-hybridized carbons (Fsp3) is 0.353. The molecule has 25 heavy (non-hydrogen) atoms. The number of carbonyl (C=O) groups is 2. The molecule has 0 aliphatic rings. The highest BCUT2D eigenvalue weighted by Gasteiger charge is 2.16. The lowest BCUT2D eigenvalue weighted by atomic mass is 10.4. The number of hydrogen-bond donors (Lipinski definition) is 0. The lowest BCUT2D eigenvalue weighted by Crippen LogP contribution is -2.14. The van der Waals surface area contributed by atoms with E-state index < -0.39 is 0 Å². The summed E-state index contributed by atoms with van der Waals surface area (Å²) in [7, 11) is 1.78. The maximum atomic E-state index is 12.1. The van der Waals surface area contributed by atoms with Gasteiger partial charge in [-0.1, -0.05) is 22.9 Å². The number of nitrogens with zero attached hydrogens (tertiary/aromatic N) is 2. The number of rotatable bonds is 6. The van der Waals surface area contributed by atoms with Crippen LogP contribution in [0.3, 0.4) is 0 Å². The van der Waals surface area contributed by atoms with Crippen molar-refractivity contribution in [3.8, 4) is 0 Å². The van der Waals surface area contributed by atoms with Crippen molar-refractivity contribution in [2.24, 2.45) is 12.0 Å². The summed E-state index contributed by atoms with van der Waals surface area (Å²) < 4.78 is 6.76. The monoisotopic (exact) mass is 398 g/mol. The van der Waals surface area contributed by atoms with Gasteiger partial charge in [0.25, 0.3) is 0 Å². The van der Waals surface area contributed by atoms with Crippen molar-refractivity contribution in [2.45, 2.75) is 25.2 Å². The van der Waals surface area contributed by atoms with E-state index in [2.05, 4.69) is 4.99 Å². The van der Waals surface area contributed by atoms with E-state index in [4.69, 9.17) is 16.3 Å². The zero-order valence-corrected chi connectivity index (χ0v) is 16.6. The number of aromatic nitrogens is 1. The lowest BCUT2D eigenvalue weighted by molar-refractivity contribution is -0.117. The Morgan fingerprint density at radius 2 is 2.00 bits per heavy atom. The number of thioether (sulfide) groups is 1. The third-order valence-corrected chi connectivity index (χ3v) is 5.87. The third kappa shape index (κ3) is 5.45. The molecule has 134 valence electrons. The largest absolute Gasteiger partial charge is 0.462 e. The Morgan fingerprint density at radius 3 is 2.64 bits per heavy atom. The molecule has 0 saturated heterocycles. The van der Waals surface area contributed by atoms with Gasteiger partial charge >= 0.3 is 5.97 Å². The maximum Gasteiger partial charge on any atom is 0.350 e. The van der Waals surface area contributed by atoms with Gasteiger partial charge in [-0.3, -0.25) is 4.79 Å². The van der Waals surface area contributed by atoms with Gasteiger partial charge in [0.05, 0.1) is 6.61 Å². The molecular weight excluding hydrogens is 380 g/mol. The summed E-state index contributed by atoms with van der Waals surface area (Å²) in [5, 5.41) is 0.688. The predicted molar refractivity (Wildman–Crippen MR) is 101 cm³/mol. The van der Waals surface area contributed by atoms with Gasteiger partial charge in [0.15, 0.2) is 4.80 Å². The average molecular weight is 399 g/mol. The van der Waals surface area contributed by atoms with Crippen molar-refractivity contribution in [3.63, 3.8) is 0 Å². The van der Waals surface area contributed by atoms with Crippen LogP contribution in [0.1, 0.15) is 28.7 Å². The van der Waals surface area contributed by atoms with Crippen LogP contribution in [0.25, 0.3) is 0 Å². The summed E-state index contributed by atoms with van der Waals surface area (Å²) in [6.45, 7) is 3.88. The molecule has 2 aromatic rings. The van der Waals surface area contributed by atoms with Gasteiger partial charge in [0, 0.05) is 34.8 Å². The van der Waals surface area contributed by atoms with Crippen molar-refractivity contribution in [2.75, 3.05) is 12.4 Å². The van der Waals surface area contributed by atoms with Crippen molar-refractivity contribution in [3.05, 3.63) is 44.7 Å². The molecule has 0 saturated carbocycles. The molecule has 8 heteroatoms. The van der Waals surface area contributed by atoms with Crippen molar-refractivity contribution in [1.82, 2.24) is 4.57 Å². The quantitative estimate of drug-likeness (QED) is 0.548. The summed E-state index contributed by atoms with van der Waals surface area (Å²) in [5.74, 6) is 0.0319. The van der Waals surface area contributed by atoms with Crippen molar-refractivity contribution < 1.29 is 14.3 Å². The highest BCUT2D eigenvalue weighted by atomic mass is 35.5. The second-order valence-corrected chi connectivity index (χ2v) is 7.72. The van der Waals surface area contributed by atoms with E-state index in [1.165, 1.54) is 11.3 Å². The van der Waals surface area contributed by atoms with E-state index in [-0.39, 0.29) is 11.9 Å². The summed E-state index contributed by atoms with van der Waals surface area (Å²) in [4.78, 5) is 30.2.